The van der Waals surface area contributed by atoms with E-state index in [1.54, 1.807) is 41.1 Å². The van der Waals surface area contributed by atoms with Crippen molar-refractivity contribution in [1.29, 1.82) is 0 Å². The number of hydrogen-bond acceptors (Lipinski definition) is 3. The predicted molar refractivity (Wildman–Crippen MR) is 103 cm³/mol. The van der Waals surface area contributed by atoms with Crippen LogP contribution in [0, 0.1) is 0 Å². The second-order valence-electron chi connectivity index (χ2n) is 5.87. The molecule has 0 aliphatic heterocycles. The summed E-state index contributed by atoms with van der Waals surface area (Å²) in [6.07, 6.45) is -2.75. The molecule has 1 N–H and O–H groups in total. The molecule has 0 amide bonds. The van der Waals surface area contributed by atoms with Gasteiger partial charge in [0.1, 0.15) is 12.3 Å². The Morgan fingerprint density at radius 1 is 1.04 bits per heavy atom. The van der Waals surface area contributed by atoms with Crippen molar-refractivity contribution in [3.63, 3.8) is 0 Å². The van der Waals surface area contributed by atoms with Crippen LogP contribution in [-0.2, 0) is 0 Å². The first-order chi connectivity index (χ1) is 13.3. The van der Waals surface area contributed by atoms with Gasteiger partial charge in [0.15, 0.2) is 5.75 Å². The van der Waals surface area contributed by atoms with Gasteiger partial charge >= 0.3 is 6.18 Å². The van der Waals surface area contributed by atoms with E-state index in [2.05, 4.69) is 10.4 Å². The number of hydrogen-bond donors (Lipinski definition) is 1. The van der Waals surface area contributed by atoms with Crippen molar-refractivity contribution >= 4 is 23.2 Å². The highest BCUT2D eigenvalue weighted by Gasteiger charge is 2.26. The third-order valence-corrected chi connectivity index (χ3v) is 4.37. The quantitative estimate of drug-likeness (QED) is 0.512. The van der Waals surface area contributed by atoms with Crippen LogP contribution in [0.5, 0.6) is 5.75 Å². The molecule has 1 aromatic heterocycles. The van der Waals surface area contributed by atoms with Crippen molar-refractivity contribution in [2.75, 3.05) is 19.7 Å². The number of nitrogens with zero attached hydrogens (tertiary/aromatic N) is 2. The Hall–Kier alpha value is -2.22. The summed E-state index contributed by atoms with van der Waals surface area (Å²) in [5, 5.41) is 7.73. The molecule has 3 aromatic rings. The van der Waals surface area contributed by atoms with E-state index in [9.17, 15) is 13.2 Å². The number of alkyl halides is 3. The van der Waals surface area contributed by atoms with E-state index in [0.29, 0.717) is 27.2 Å². The monoisotopic (exact) mass is 429 g/mol. The molecule has 3 rings (SSSR count). The SMILES string of the molecule is FC(F)(F)CNCCOc1cnn(-c2ccccc2Cl)c1-c1ccc(Cl)cc1. The lowest BCUT2D eigenvalue weighted by Gasteiger charge is -2.13. The molecule has 0 saturated carbocycles. The number of halogens is 5. The van der Waals surface area contributed by atoms with Crippen LogP contribution in [0.1, 0.15) is 0 Å². The molecule has 1 heterocycles. The lowest BCUT2D eigenvalue weighted by Crippen LogP contribution is -2.31. The third-order valence-electron chi connectivity index (χ3n) is 3.80. The maximum Gasteiger partial charge on any atom is 0.401 e. The molecule has 2 aromatic carbocycles. The molecule has 4 nitrogen and oxygen atoms in total. The zero-order valence-corrected chi connectivity index (χ0v) is 16.0. The zero-order chi connectivity index (χ0) is 20.1. The first-order valence-corrected chi connectivity index (χ1v) is 9.10. The van der Waals surface area contributed by atoms with Gasteiger partial charge in [0.05, 0.1) is 23.5 Å². The molecule has 9 heteroatoms. The number of ether oxygens (including phenoxy) is 1. The van der Waals surface area contributed by atoms with Gasteiger partial charge in [-0.25, -0.2) is 4.68 Å². The number of benzene rings is 2. The van der Waals surface area contributed by atoms with Gasteiger partial charge in [0, 0.05) is 17.1 Å². The van der Waals surface area contributed by atoms with Gasteiger partial charge < -0.3 is 10.1 Å². The standard InChI is InChI=1S/C19H16Cl2F3N3O/c20-14-7-5-13(6-8-14)18-17(28-10-9-25-12-19(22,23)24)11-26-27(18)16-4-2-1-3-15(16)21/h1-8,11,25H,9-10,12H2. The Labute approximate surface area is 169 Å². The van der Waals surface area contributed by atoms with E-state index in [-0.39, 0.29) is 13.2 Å². The highest BCUT2D eigenvalue weighted by atomic mass is 35.5. The zero-order valence-electron chi connectivity index (χ0n) is 14.5. The van der Waals surface area contributed by atoms with Crippen LogP contribution in [0.25, 0.3) is 16.9 Å². The van der Waals surface area contributed by atoms with Crippen molar-refractivity contribution < 1.29 is 17.9 Å². The second kappa shape index (κ2) is 8.86. The fourth-order valence-corrected chi connectivity index (χ4v) is 2.92. The average Bonchev–Trinajstić information content (AvgIpc) is 3.05. The summed E-state index contributed by atoms with van der Waals surface area (Å²) >= 11 is 12.3. The minimum atomic E-state index is -4.26. The Balaban J connectivity index is 1.86. The Morgan fingerprint density at radius 3 is 2.43 bits per heavy atom. The van der Waals surface area contributed by atoms with E-state index >= 15 is 0 Å². The molecule has 0 saturated heterocycles. The minimum absolute atomic E-state index is 0.0385. The molecule has 0 fully saturated rings. The first-order valence-electron chi connectivity index (χ1n) is 8.34. The molecular formula is C19H16Cl2F3N3O. The van der Waals surface area contributed by atoms with Crippen LogP contribution in [0.4, 0.5) is 13.2 Å². The third kappa shape index (κ3) is 5.19. The fraction of sp³-hybridized carbons (Fsp3) is 0.211. The van der Waals surface area contributed by atoms with Crippen molar-refractivity contribution in [2.45, 2.75) is 6.18 Å². The van der Waals surface area contributed by atoms with Crippen LogP contribution in [-0.4, -0.2) is 35.7 Å². The number of aromatic nitrogens is 2. The topological polar surface area (TPSA) is 39.1 Å². The summed E-state index contributed by atoms with van der Waals surface area (Å²) in [6.45, 7) is -0.985. The highest BCUT2D eigenvalue weighted by Crippen LogP contribution is 2.34. The normalized spacial score (nSPS) is 11.6. The van der Waals surface area contributed by atoms with Crippen molar-refractivity contribution in [1.82, 2.24) is 15.1 Å². The van der Waals surface area contributed by atoms with Crippen molar-refractivity contribution in [3.8, 4) is 22.7 Å². The van der Waals surface area contributed by atoms with E-state index in [0.717, 1.165) is 5.56 Å². The predicted octanol–water partition coefficient (Wildman–Crippen LogP) is 5.38. The summed E-state index contributed by atoms with van der Waals surface area (Å²) in [7, 11) is 0. The molecular weight excluding hydrogens is 414 g/mol. The van der Waals surface area contributed by atoms with Crippen LogP contribution in [0.15, 0.2) is 54.7 Å². The number of rotatable bonds is 7. The summed E-state index contributed by atoms with van der Waals surface area (Å²) < 4.78 is 44.0. The lowest BCUT2D eigenvalue weighted by atomic mass is 10.1. The average molecular weight is 430 g/mol. The van der Waals surface area contributed by atoms with Crippen LogP contribution in [0.2, 0.25) is 10.0 Å². The number of para-hydroxylation sites is 1. The van der Waals surface area contributed by atoms with Crippen LogP contribution < -0.4 is 10.1 Å². The van der Waals surface area contributed by atoms with Gasteiger partial charge in [0.25, 0.3) is 0 Å². The van der Waals surface area contributed by atoms with Crippen molar-refractivity contribution in [2.24, 2.45) is 0 Å². The highest BCUT2D eigenvalue weighted by molar-refractivity contribution is 6.32. The molecule has 0 aliphatic rings. The molecule has 0 bridgehead atoms. The maximum absolute atomic E-state index is 12.2. The maximum atomic E-state index is 12.2. The van der Waals surface area contributed by atoms with Crippen LogP contribution >= 0.6 is 23.2 Å². The van der Waals surface area contributed by atoms with Gasteiger partial charge in [-0.1, -0.05) is 47.5 Å². The molecule has 0 aliphatic carbocycles. The fourth-order valence-electron chi connectivity index (χ4n) is 2.58. The largest absolute Gasteiger partial charge is 0.488 e. The van der Waals surface area contributed by atoms with Crippen molar-refractivity contribution in [3.05, 3.63) is 64.8 Å². The summed E-state index contributed by atoms with van der Waals surface area (Å²) in [4.78, 5) is 0. The smallest absolute Gasteiger partial charge is 0.401 e. The number of nitrogens with one attached hydrogen (secondary N) is 1. The molecule has 148 valence electrons. The van der Waals surface area contributed by atoms with Gasteiger partial charge in [-0.05, 0) is 24.3 Å². The van der Waals surface area contributed by atoms with Gasteiger partial charge in [0.2, 0.25) is 0 Å². The van der Waals surface area contributed by atoms with Gasteiger partial charge in [-0.15, -0.1) is 0 Å². The Morgan fingerprint density at radius 2 is 1.75 bits per heavy atom. The summed E-state index contributed by atoms with van der Waals surface area (Å²) in [6, 6.07) is 14.3. The van der Waals surface area contributed by atoms with E-state index < -0.39 is 12.7 Å². The van der Waals surface area contributed by atoms with E-state index in [1.807, 2.05) is 12.1 Å². The van der Waals surface area contributed by atoms with Crippen LogP contribution in [0.3, 0.4) is 0 Å². The van der Waals surface area contributed by atoms with E-state index in [4.69, 9.17) is 27.9 Å². The lowest BCUT2D eigenvalue weighted by molar-refractivity contribution is -0.124. The minimum Gasteiger partial charge on any atom is -0.488 e. The second-order valence-corrected chi connectivity index (χ2v) is 6.71. The molecule has 28 heavy (non-hydrogen) atoms. The molecule has 0 spiro atoms. The Kier molecular flexibility index (Phi) is 6.49. The first kappa shape index (κ1) is 20.5. The van der Waals surface area contributed by atoms with Gasteiger partial charge in [-0.3, -0.25) is 0 Å². The Bertz CT molecular complexity index is 927. The summed E-state index contributed by atoms with van der Waals surface area (Å²) in [5.41, 5.74) is 2.06. The molecule has 0 atom stereocenters. The van der Waals surface area contributed by atoms with Gasteiger partial charge in [-0.2, -0.15) is 18.3 Å². The molecule has 0 radical (unpaired) electrons. The molecule has 0 unspecified atom stereocenters. The summed E-state index contributed by atoms with van der Waals surface area (Å²) in [5.74, 6) is 0.427. The van der Waals surface area contributed by atoms with E-state index in [1.165, 1.54) is 6.20 Å².